The van der Waals surface area contributed by atoms with Crippen LogP contribution in [-0.4, -0.2) is 22.2 Å². The first-order chi connectivity index (χ1) is 8.38. The highest BCUT2D eigenvalue weighted by molar-refractivity contribution is 9.09. The number of carbonyl (C=O) groups excluding carboxylic acids is 1. The Morgan fingerprint density at radius 3 is 2.67 bits per heavy atom. The normalized spacial score (nSPS) is 12.0. The molecule has 0 saturated heterocycles. The van der Waals surface area contributed by atoms with Crippen LogP contribution in [0.2, 0.25) is 0 Å². The lowest BCUT2D eigenvalue weighted by atomic mass is 10.1. The van der Waals surface area contributed by atoms with E-state index in [9.17, 15) is 23.7 Å². The lowest BCUT2D eigenvalue weighted by molar-refractivity contribution is -0.387. The Morgan fingerprint density at radius 1 is 1.56 bits per heavy atom. The van der Waals surface area contributed by atoms with E-state index in [2.05, 4.69) is 21.2 Å². The van der Waals surface area contributed by atoms with Crippen molar-refractivity contribution in [1.29, 1.82) is 0 Å². The van der Waals surface area contributed by atoms with E-state index in [0.29, 0.717) is 17.5 Å². The molecule has 0 aliphatic rings. The van der Waals surface area contributed by atoms with Gasteiger partial charge in [-0.25, -0.2) is 4.39 Å². The molecule has 0 radical (unpaired) electrons. The second kappa shape index (κ2) is 5.85. The van der Waals surface area contributed by atoms with Crippen LogP contribution >= 0.6 is 15.9 Å². The molecule has 1 rings (SSSR count). The van der Waals surface area contributed by atoms with Crippen LogP contribution < -0.4 is 5.32 Å². The predicted octanol–water partition coefficient (Wildman–Crippen LogP) is 2.39. The molecule has 0 aliphatic heterocycles. The summed E-state index contributed by atoms with van der Waals surface area (Å²) in [7, 11) is 0. The highest BCUT2D eigenvalue weighted by Crippen LogP contribution is 2.23. The van der Waals surface area contributed by atoms with Crippen LogP contribution in [0.4, 0.5) is 14.5 Å². The van der Waals surface area contributed by atoms with Gasteiger partial charge in [0.1, 0.15) is 11.4 Å². The van der Waals surface area contributed by atoms with E-state index in [1.807, 2.05) is 0 Å². The lowest BCUT2D eigenvalue weighted by Gasteiger charge is -2.11. The van der Waals surface area contributed by atoms with Crippen LogP contribution in [0.25, 0.3) is 0 Å². The van der Waals surface area contributed by atoms with E-state index < -0.39 is 33.7 Å². The maximum Gasteiger partial charge on any atom is 0.305 e. The largest absolute Gasteiger partial charge is 0.349 e. The number of carbonyl (C=O) groups is 1. The second-order valence-electron chi connectivity index (χ2n) is 3.54. The number of hydrogen-bond acceptors (Lipinski definition) is 3. The zero-order chi connectivity index (χ0) is 13.9. The molecule has 1 unspecified atom stereocenters. The minimum Gasteiger partial charge on any atom is -0.349 e. The van der Waals surface area contributed by atoms with Gasteiger partial charge in [0.15, 0.2) is 0 Å². The summed E-state index contributed by atoms with van der Waals surface area (Å²) in [5, 5.41) is 13.2. The Balaban J connectivity index is 3.19. The van der Waals surface area contributed by atoms with Crippen molar-refractivity contribution in [3.05, 3.63) is 39.4 Å². The number of benzene rings is 1. The number of halogens is 3. The lowest BCUT2D eigenvalue weighted by Crippen LogP contribution is -2.34. The number of alkyl halides is 1. The highest BCUT2D eigenvalue weighted by Gasteiger charge is 2.26. The maximum absolute atomic E-state index is 13.6. The van der Waals surface area contributed by atoms with Crippen LogP contribution in [0, 0.1) is 21.7 Å². The summed E-state index contributed by atoms with van der Waals surface area (Å²) >= 11 is 3.08. The average Bonchev–Trinajstić information content (AvgIpc) is 2.28. The summed E-state index contributed by atoms with van der Waals surface area (Å²) in [6.45, 7) is 1.61. The van der Waals surface area contributed by atoms with Gasteiger partial charge in [0.05, 0.1) is 4.92 Å². The number of nitro benzene ring substituents is 1. The average molecular weight is 323 g/mol. The molecule has 1 N–H and O–H groups in total. The van der Waals surface area contributed by atoms with Gasteiger partial charge < -0.3 is 5.32 Å². The maximum atomic E-state index is 13.6. The van der Waals surface area contributed by atoms with Crippen molar-refractivity contribution in [2.45, 2.75) is 13.0 Å². The molecule has 5 nitrogen and oxygen atoms in total. The van der Waals surface area contributed by atoms with E-state index >= 15 is 0 Å². The van der Waals surface area contributed by atoms with Crippen molar-refractivity contribution in [2.24, 2.45) is 0 Å². The van der Waals surface area contributed by atoms with Gasteiger partial charge in [-0.2, -0.15) is 4.39 Å². The number of nitro groups is 1. The zero-order valence-electron chi connectivity index (χ0n) is 9.25. The minimum atomic E-state index is -1.47. The fourth-order valence-corrected chi connectivity index (χ4v) is 1.39. The predicted molar refractivity (Wildman–Crippen MR) is 63.7 cm³/mol. The van der Waals surface area contributed by atoms with Crippen molar-refractivity contribution < 1.29 is 18.5 Å². The second-order valence-corrected chi connectivity index (χ2v) is 4.19. The standard InChI is InChI=1S/C10H9BrF2N2O3/c1-5(4-11)14-10(16)8-6(12)2-3-7(9(8)13)15(17)18/h2-3,5H,4H2,1H3,(H,14,16). The van der Waals surface area contributed by atoms with Crippen LogP contribution in [0.5, 0.6) is 0 Å². The molecule has 1 atom stereocenters. The molecule has 8 heteroatoms. The first-order valence-electron chi connectivity index (χ1n) is 4.87. The molecule has 1 aromatic carbocycles. The molecular formula is C10H9BrF2N2O3. The van der Waals surface area contributed by atoms with Crippen LogP contribution in [0.15, 0.2) is 12.1 Å². The van der Waals surface area contributed by atoms with Gasteiger partial charge in [-0.15, -0.1) is 0 Å². The van der Waals surface area contributed by atoms with Crippen LogP contribution in [0.1, 0.15) is 17.3 Å². The van der Waals surface area contributed by atoms with Crippen molar-refractivity contribution in [3.8, 4) is 0 Å². The van der Waals surface area contributed by atoms with E-state index in [1.165, 1.54) is 0 Å². The molecule has 18 heavy (non-hydrogen) atoms. The fraction of sp³-hybridized carbons (Fsp3) is 0.300. The number of rotatable bonds is 4. The Bertz CT molecular complexity index is 496. The molecule has 0 spiro atoms. The Kier molecular flexibility index (Phi) is 4.71. The Morgan fingerprint density at radius 2 is 2.17 bits per heavy atom. The van der Waals surface area contributed by atoms with E-state index in [4.69, 9.17) is 0 Å². The molecule has 98 valence electrons. The van der Waals surface area contributed by atoms with Crippen molar-refractivity contribution >= 4 is 27.5 Å². The summed E-state index contributed by atoms with van der Waals surface area (Å²) in [6, 6.07) is 1.00. The van der Waals surface area contributed by atoms with Gasteiger partial charge >= 0.3 is 5.69 Å². The van der Waals surface area contributed by atoms with Gasteiger partial charge in [0, 0.05) is 17.4 Å². The minimum absolute atomic E-state index is 0.365. The number of nitrogens with one attached hydrogen (secondary N) is 1. The molecule has 0 aromatic heterocycles. The highest BCUT2D eigenvalue weighted by atomic mass is 79.9. The van der Waals surface area contributed by atoms with Crippen molar-refractivity contribution in [2.75, 3.05) is 5.33 Å². The molecule has 0 bridgehead atoms. The number of amides is 1. The SMILES string of the molecule is CC(CBr)NC(=O)c1c(F)ccc([N+](=O)[O-])c1F. The van der Waals surface area contributed by atoms with Crippen LogP contribution in [0.3, 0.4) is 0 Å². The molecule has 1 aromatic rings. The van der Waals surface area contributed by atoms with Crippen molar-refractivity contribution in [3.63, 3.8) is 0 Å². The zero-order valence-corrected chi connectivity index (χ0v) is 10.8. The monoisotopic (exact) mass is 322 g/mol. The Hall–Kier alpha value is -1.57. The summed E-state index contributed by atoms with van der Waals surface area (Å²) in [5.74, 6) is -3.64. The third kappa shape index (κ3) is 3.00. The summed E-state index contributed by atoms with van der Waals surface area (Å²) in [5.41, 5.74) is -1.88. The van der Waals surface area contributed by atoms with Gasteiger partial charge in [0.2, 0.25) is 5.82 Å². The Labute approximate surface area is 109 Å². The van der Waals surface area contributed by atoms with E-state index in [-0.39, 0.29) is 6.04 Å². The quantitative estimate of drug-likeness (QED) is 0.525. The third-order valence-corrected chi connectivity index (χ3v) is 3.07. The molecule has 0 heterocycles. The van der Waals surface area contributed by atoms with Gasteiger partial charge in [-0.05, 0) is 13.0 Å². The summed E-state index contributed by atoms with van der Waals surface area (Å²) in [4.78, 5) is 21.1. The van der Waals surface area contributed by atoms with Gasteiger partial charge in [-0.1, -0.05) is 15.9 Å². The number of hydrogen-bond donors (Lipinski definition) is 1. The summed E-state index contributed by atoms with van der Waals surface area (Å²) in [6.07, 6.45) is 0. The first kappa shape index (κ1) is 14.5. The topological polar surface area (TPSA) is 72.2 Å². The molecule has 1 amide bonds. The van der Waals surface area contributed by atoms with Crippen molar-refractivity contribution in [1.82, 2.24) is 5.32 Å². The van der Waals surface area contributed by atoms with Crippen LogP contribution in [-0.2, 0) is 0 Å². The smallest absolute Gasteiger partial charge is 0.305 e. The molecular weight excluding hydrogens is 314 g/mol. The van der Waals surface area contributed by atoms with Gasteiger partial charge in [0.25, 0.3) is 5.91 Å². The van der Waals surface area contributed by atoms with E-state index in [0.717, 1.165) is 0 Å². The van der Waals surface area contributed by atoms with Gasteiger partial charge in [-0.3, -0.25) is 14.9 Å². The third-order valence-electron chi connectivity index (χ3n) is 2.10. The van der Waals surface area contributed by atoms with E-state index in [1.54, 1.807) is 6.92 Å². The molecule has 0 aliphatic carbocycles. The molecule has 0 saturated carbocycles. The summed E-state index contributed by atoms with van der Waals surface area (Å²) < 4.78 is 27.0. The molecule has 0 fully saturated rings. The number of nitrogens with zero attached hydrogens (tertiary/aromatic N) is 1. The first-order valence-corrected chi connectivity index (χ1v) is 5.99. The fourth-order valence-electron chi connectivity index (χ4n) is 1.23.